The minimum absolute atomic E-state index is 0.579. The van der Waals surface area contributed by atoms with E-state index < -0.39 is 0 Å². The molecule has 0 spiro atoms. The number of benzene rings is 1. The van der Waals surface area contributed by atoms with Gasteiger partial charge < -0.3 is 19.5 Å². The van der Waals surface area contributed by atoms with Gasteiger partial charge in [-0.05, 0) is 11.8 Å². The SMILES string of the molecule is C=C(C)SC(=C)CNc1cc(OC)c(OC)c(OC)c1.CC. The molecule has 0 amide bonds. The van der Waals surface area contributed by atoms with Crippen LogP contribution in [0.25, 0.3) is 0 Å². The normalized spacial score (nSPS) is 9.18. The number of thioether (sulfide) groups is 1. The van der Waals surface area contributed by atoms with E-state index in [1.54, 1.807) is 33.1 Å². The number of anilines is 1. The minimum Gasteiger partial charge on any atom is -0.493 e. The lowest BCUT2D eigenvalue weighted by Crippen LogP contribution is -2.03. The van der Waals surface area contributed by atoms with Gasteiger partial charge in [0.25, 0.3) is 0 Å². The Kier molecular flexibility index (Phi) is 10.0. The highest BCUT2D eigenvalue weighted by atomic mass is 32.2. The minimum atomic E-state index is 0.579. The van der Waals surface area contributed by atoms with Crippen LogP contribution in [0.3, 0.4) is 0 Å². The maximum Gasteiger partial charge on any atom is 0.203 e. The van der Waals surface area contributed by atoms with Crippen molar-refractivity contribution in [3.63, 3.8) is 0 Å². The van der Waals surface area contributed by atoms with Crippen LogP contribution in [0.1, 0.15) is 20.8 Å². The molecule has 1 aromatic rings. The molecular formula is C17H27NO3S. The third-order valence-electron chi connectivity index (χ3n) is 2.47. The molecule has 0 saturated carbocycles. The Balaban J connectivity index is 0.00000211. The van der Waals surface area contributed by atoms with Gasteiger partial charge in [0.05, 0.1) is 21.3 Å². The molecule has 0 heterocycles. The molecule has 124 valence electrons. The molecule has 0 aliphatic rings. The van der Waals surface area contributed by atoms with Crippen molar-refractivity contribution in [1.29, 1.82) is 0 Å². The lowest BCUT2D eigenvalue weighted by atomic mass is 10.2. The zero-order valence-corrected chi connectivity index (χ0v) is 15.2. The van der Waals surface area contributed by atoms with E-state index in [0.717, 1.165) is 15.5 Å². The summed E-state index contributed by atoms with van der Waals surface area (Å²) in [6.07, 6.45) is 0. The Bertz CT molecular complexity index is 476. The molecule has 1 N–H and O–H groups in total. The average molecular weight is 325 g/mol. The Labute approximate surface area is 138 Å². The highest BCUT2D eigenvalue weighted by Crippen LogP contribution is 2.40. The largest absolute Gasteiger partial charge is 0.493 e. The molecule has 0 bridgehead atoms. The fourth-order valence-corrected chi connectivity index (χ4v) is 2.30. The van der Waals surface area contributed by atoms with Crippen LogP contribution in [-0.4, -0.2) is 27.9 Å². The molecule has 5 heteroatoms. The summed E-state index contributed by atoms with van der Waals surface area (Å²) in [7, 11) is 4.77. The van der Waals surface area contributed by atoms with Crippen LogP contribution < -0.4 is 19.5 Å². The number of allylic oxidation sites excluding steroid dienone is 1. The second-order valence-corrected chi connectivity index (χ2v) is 5.59. The molecule has 1 rings (SSSR count). The van der Waals surface area contributed by atoms with Gasteiger partial charge >= 0.3 is 0 Å². The van der Waals surface area contributed by atoms with E-state index >= 15 is 0 Å². The third kappa shape index (κ3) is 6.35. The predicted octanol–water partition coefficient (Wildman–Crippen LogP) is 4.93. The van der Waals surface area contributed by atoms with E-state index in [1.165, 1.54) is 0 Å². The average Bonchev–Trinajstić information content (AvgIpc) is 2.52. The first-order valence-electron chi connectivity index (χ1n) is 7.06. The van der Waals surface area contributed by atoms with Crippen molar-refractivity contribution in [3.05, 3.63) is 35.1 Å². The quantitative estimate of drug-likeness (QED) is 0.733. The molecule has 0 aliphatic carbocycles. The fraction of sp³-hybridized carbons (Fsp3) is 0.412. The maximum absolute atomic E-state index is 5.30. The zero-order valence-electron chi connectivity index (χ0n) is 14.4. The van der Waals surface area contributed by atoms with Crippen LogP contribution in [0, 0.1) is 0 Å². The Hall–Kier alpha value is -1.75. The van der Waals surface area contributed by atoms with Crippen LogP contribution in [0.15, 0.2) is 35.1 Å². The number of ether oxygens (including phenoxy) is 3. The van der Waals surface area contributed by atoms with Gasteiger partial charge in [-0.2, -0.15) is 0 Å². The first-order valence-corrected chi connectivity index (χ1v) is 7.88. The number of rotatable bonds is 8. The van der Waals surface area contributed by atoms with Gasteiger partial charge in [-0.25, -0.2) is 0 Å². The van der Waals surface area contributed by atoms with E-state index in [2.05, 4.69) is 18.5 Å². The molecule has 0 radical (unpaired) electrons. The lowest BCUT2D eigenvalue weighted by molar-refractivity contribution is 0.324. The first-order chi connectivity index (χ1) is 10.5. The summed E-state index contributed by atoms with van der Waals surface area (Å²) in [5, 5.41) is 3.27. The zero-order chi connectivity index (χ0) is 17.1. The number of methoxy groups -OCH3 is 3. The Morgan fingerprint density at radius 3 is 1.91 bits per heavy atom. The first kappa shape index (κ1) is 20.2. The fourth-order valence-electron chi connectivity index (χ4n) is 1.67. The van der Waals surface area contributed by atoms with Gasteiger partial charge in [0.2, 0.25) is 5.75 Å². The van der Waals surface area contributed by atoms with Gasteiger partial charge in [0, 0.05) is 29.3 Å². The molecular weight excluding hydrogens is 298 g/mol. The van der Waals surface area contributed by atoms with Gasteiger partial charge in [-0.15, -0.1) is 0 Å². The third-order valence-corrected chi connectivity index (χ3v) is 3.25. The molecule has 0 aliphatic heterocycles. The summed E-state index contributed by atoms with van der Waals surface area (Å²) in [4.78, 5) is 2.01. The van der Waals surface area contributed by atoms with Crippen LogP contribution in [0.5, 0.6) is 17.2 Å². The maximum atomic E-state index is 5.30. The molecule has 0 saturated heterocycles. The molecule has 0 aromatic heterocycles. The van der Waals surface area contributed by atoms with Crippen LogP contribution >= 0.6 is 11.8 Å². The lowest BCUT2D eigenvalue weighted by Gasteiger charge is -2.15. The monoisotopic (exact) mass is 325 g/mol. The van der Waals surface area contributed by atoms with E-state index in [4.69, 9.17) is 14.2 Å². The van der Waals surface area contributed by atoms with E-state index in [1.807, 2.05) is 32.9 Å². The van der Waals surface area contributed by atoms with Crippen molar-refractivity contribution in [2.24, 2.45) is 0 Å². The van der Waals surface area contributed by atoms with Gasteiger partial charge in [-0.1, -0.05) is 38.8 Å². The highest BCUT2D eigenvalue weighted by Gasteiger charge is 2.13. The summed E-state index contributed by atoms with van der Waals surface area (Å²) in [6.45, 7) is 14.4. The highest BCUT2D eigenvalue weighted by molar-refractivity contribution is 8.06. The number of nitrogens with one attached hydrogen (secondary N) is 1. The summed E-state index contributed by atoms with van der Waals surface area (Å²) < 4.78 is 15.9. The summed E-state index contributed by atoms with van der Waals surface area (Å²) >= 11 is 1.56. The van der Waals surface area contributed by atoms with E-state index in [0.29, 0.717) is 23.8 Å². The number of hydrogen-bond donors (Lipinski definition) is 1. The Morgan fingerprint density at radius 1 is 1.05 bits per heavy atom. The number of hydrogen-bond acceptors (Lipinski definition) is 5. The predicted molar refractivity (Wildman–Crippen MR) is 97.5 cm³/mol. The van der Waals surface area contributed by atoms with Gasteiger partial charge in [0.15, 0.2) is 11.5 Å². The van der Waals surface area contributed by atoms with Crippen molar-refractivity contribution < 1.29 is 14.2 Å². The van der Waals surface area contributed by atoms with Crippen molar-refractivity contribution >= 4 is 17.4 Å². The topological polar surface area (TPSA) is 39.7 Å². The smallest absolute Gasteiger partial charge is 0.203 e. The van der Waals surface area contributed by atoms with Crippen molar-refractivity contribution in [2.75, 3.05) is 33.2 Å². The summed E-state index contributed by atoms with van der Waals surface area (Å²) in [5.74, 6) is 1.82. The van der Waals surface area contributed by atoms with Crippen LogP contribution in [0.4, 0.5) is 5.69 Å². The molecule has 1 aromatic carbocycles. The molecule has 0 fully saturated rings. The van der Waals surface area contributed by atoms with Gasteiger partial charge in [-0.3, -0.25) is 0 Å². The van der Waals surface area contributed by atoms with Crippen LogP contribution in [-0.2, 0) is 0 Å². The molecule has 4 nitrogen and oxygen atoms in total. The second-order valence-electron chi connectivity index (χ2n) is 4.11. The van der Waals surface area contributed by atoms with E-state index in [-0.39, 0.29) is 0 Å². The Morgan fingerprint density at radius 2 is 1.55 bits per heavy atom. The van der Waals surface area contributed by atoms with E-state index in [9.17, 15) is 0 Å². The molecule has 22 heavy (non-hydrogen) atoms. The van der Waals surface area contributed by atoms with Gasteiger partial charge in [0.1, 0.15) is 0 Å². The molecule has 0 atom stereocenters. The second kappa shape index (κ2) is 10.9. The molecule has 0 unspecified atom stereocenters. The van der Waals surface area contributed by atoms with Crippen molar-refractivity contribution in [1.82, 2.24) is 0 Å². The summed E-state index contributed by atoms with van der Waals surface area (Å²) in [5.41, 5.74) is 0.878. The van der Waals surface area contributed by atoms with Crippen molar-refractivity contribution in [3.8, 4) is 17.2 Å². The summed E-state index contributed by atoms with van der Waals surface area (Å²) in [6, 6.07) is 3.72. The van der Waals surface area contributed by atoms with Crippen LogP contribution in [0.2, 0.25) is 0 Å². The van der Waals surface area contributed by atoms with Crippen molar-refractivity contribution in [2.45, 2.75) is 20.8 Å². The standard InChI is InChI=1S/C15H21NO3S.C2H6/c1-10(2)20-11(3)9-16-12-7-13(17-4)15(19-6)14(8-12)18-5;1-2/h7-8,16H,1,3,9H2,2,4-6H3;1-2H3.